The summed E-state index contributed by atoms with van der Waals surface area (Å²) in [5, 5.41) is 4.29. The average molecular weight is 402 g/mol. The molecule has 26 heavy (non-hydrogen) atoms. The fourth-order valence-electron chi connectivity index (χ4n) is 3.19. The largest absolute Gasteiger partial charge is 0.355 e. The molecule has 146 valence electrons. The van der Waals surface area contributed by atoms with Gasteiger partial charge in [-0.05, 0) is 6.42 Å². The molecule has 2 fully saturated rings. The summed E-state index contributed by atoms with van der Waals surface area (Å²) >= 11 is 1.46. The van der Waals surface area contributed by atoms with Gasteiger partial charge in [-0.1, -0.05) is 6.92 Å². The predicted molar refractivity (Wildman–Crippen MR) is 104 cm³/mol. The third-order valence-corrected chi connectivity index (χ3v) is 7.45. The zero-order chi connectivity index (χ0) is 18.6. The van der Waals surface area contributed by atoms with Gasteiger partial charge in [0.25, 0.3) is 0 Å². The maximum absolute atomic E-state index is 11.8. The first-order valence-corrected chi connectivity index (χ1v) is 11.4. The second kappa shape index (κ2) is 8.49. The molecule has 11 heteroatoms. The molecule has 1 N–H and O–H groups in total. The van der Waals surface area contributed by atoms with Gasteiger partial charge in [-0.2, -0.15) is 4.37 Å². The molecule has 2 aliphatic rings. The fraction of sp³-hybridized carbons (Fsp3) is 0.800. The van der Waals surface area contributed by atoms with Crippen LogP contribution in [0.25, 0.3) is 0 Å². The highest BCUT2D eigenvalue weighted by Gasteiger charge is 2.28. The Morgan fingerprint density at radius 1 is 1.27 bits per heavy atom. The third-order valence-electron chi connectivity index (χ3n) is 4.68. The second-order valence-corrected chi connectivity index (χ2v) is 9.18. The quantitative estimate of drug-likeness (QED) is 0.541. The van der Waals surface area contributed by atoms with Crippen molar-refractivity contribution in [3.05, 3.63) is 5.82 Å². The van der Waals surface area contributed by atoms with E-state index in [1.54, 1.807) is 11.4 Å². The van der Waals surface area contributed by atoms with E-state index in [1.807, 2.05) is 0 Å². The molecule has 3 rings (SSSR count). The molecule has 0 aliphatic carbocycles. The summed E-state index contributed by atoms with van der Waals surface area (Å²) < 4.78 is 29.6. The number of sulfonamides is 1. The van der Waals surface area contributed by atoms with Crippen LogP contribution in [0, 0.1) is 0 Å². The van der Waals surface area contributed by atoms with E-state index in [0.717, 1.165) is 55.9 Å². The summed E-state index contributed by atoms with van der Waals surface area (Å²) in [7, 11) is -1.27. The van der Waals surface area contributed by atoms with Gasteiger partial charge in [-0.3, -0.25) is 4.99 Å². The van der Waals surface area contributed by atoms with Crippen LogP contribution in [-0.4, -0.2) is 91.6 Å². The number of aliphatic imine (C=N–C) groups is 1. The molecule has 2 aliphatic heterocycles. The lowest BCUT2D eigenvalue weighted by Gasteiger charge is -2.36. The zero-order valence-electron chi connectivity index (χ0n) is 15.4. The summed E-state index contributed by atoms with van der Waals surface area (Å²) in [4.78, 5) is 13.4. The molecule has 0 radical (unpaired) electrons. The Balaban J connectivity index is 1.46. The monoisotopic (exact) mass is 401 g/mol. The van der Waals surface area contributed by atoms with Crippen LogP contribution in [-0.2, 0) is 16.4 Å². The number of hydrogen-bond donors (Lipinski definition) is 1. The minimum absolute atomic E-state index is 0.273. The van der Waals surface area contributed by atoms with E-state index in [4.69, 9.17) is 0 Å². The van der Waals surface area contributed by atoms with Gasteiger partial charge in [0.05, 0.1) is 5.75 Å². The molecule has 9 nitrogen and oxygen atoms in total. The highest BCUT2D eigenvalue weighted by Crippen LogP contribution is 2.19. The Morgan fingerprint density at radius 3 is 2.62 bits per heavy atom. The van der Waals surface area contributed by atoms with E-state index in [9.17, 15) is 8.42 Å². The van der Waals surface area contributed by atoms with Gasteiger partial charge in [-0.15, -0.1) is 0 Å². The summed E-state index contributed by atoms with van der Waals surface area (Å²) in [6.45, 7) is 7.20. The van der Waals surface area contributed by atoms with Gasteiger partial charge in [0.1, 0.15) is 5.82 Å². The Bertz CT molecular complexity index is 726. The van der Waals surface area contributed by atoms with Gasteiger partial charge in [-0.25, -0.2) is 17.7 Å². The summed E-state index contributed by atoms with van der Waals surface area (Å²) in [5.74, 6) is 2.00. The summed E-state index contributed by atoms with van der Waals surface area (Å²) in [6, 6.07) is 0. The number of aryl methyl sites for hydroxylation is 1. The van der Waals surface area contributed by atoms with Crippen LogP contribution in [0.3, 0.4) is 0 Å². The van der Waals surface area contributed by atoms with Crippen LogP contribution in [0.5, 0.6) is 0 Å². The summed E-state index contributed by atoms with van der Waals surface area (Å²) in [5.41, 5.74) is 0. The van der Waals surface area contributed by atoms with Gasteiger partial charge in [0.2, 0.25) is 15.2 Å². The predicted octanol–water partition coefficient (Wildman–Crippen LogP) is -0.167. The Hall–Kier alpha value is -1.46. The number of guanidine groups is 1. The number of aromatic nitrogens is 2. The molecule has 0 amide bonds. The first-order chi connectivity index (χ1) is 12.5. The minimum atomic E-state index is -3.03. The molecule has 0 bridgehead atoms. The van der Waals surface area contributed by atoms with Crippen LogP contribution < -0.4 is 10.2 Å². The number of anilines is 1. The molecule has 1 aromatic heterocycles. The Morgan fingerprint density at radius 2 is 2.04 bits per heavy atom. The van der Waals surface area contributed by atoms with Crippen LogP contribution >= 0.6 is 11.5 Å². The number of hydrogen-bond acceptors (Lipinski definition) is 7. The minimum Gasteiger partial charge on any atom is -0.355 e. The zero-order valence-corrected chi connectivity index (χ0v) is 17.0. The molecule has 0 unspecified atom stereocenters. The number of nitrogens with zero attached hydrogens (tertiary/aromatic N) is 6. The van der Waals surface area contributed by atoms with E-state index in [-0.39, 0.29) is 5.75 Å². The average Bonchev–Trinajstić information content (AvgIpc) is 3.25. The Labute approximate surface area is 159 Å². The molecule has 2 saturated heterocycles. The molecular weight excluding hydrogens is 374 g/mol. The van der Waals surface area contributed by atoms with Gasteiger partial charge < -0.3 is 15.1 Å². The van der Waals surface area contributed by atoms with Crippen molar-refractivity contribution >= 4 is 32.6 Å². The van der Waals surface area contributed by atoms with E-state index in [0.29, 0.717) is 19.6 Å². The molecule has 1 aromatic rings. The number of nitrogens with one attached hydrogen (secondary N) is 1. The van der Waals surface area contributed by atoms with Gasteiger partial charge in [0, 0.05) is 70.8 Å². The first kappa shape index (κ1) is 19.3. The van der Waals surface area contributed by atoms with Gasteiger partial charge >= 0.3 is 0 Å². The van der Waals surface area contributed by atoms with Crippen molar-refractivity contribution in [3.8, 4) is 0 Å². The molecule has 0 saturated carbocycles. The molecule has 3 heterocycles. The van der Waals surface area contributed by atoms with E-state index in [1.165, 1.54) is 11.5 Å². The Kier molecular flexibility index (Phi) is 6.30. The first-order valence-electron chi connectivity index (χ1n) is 9.04. The van der Waals surface area contributed by atoms with Crippen LogP contribution in [0.1, 0.15) is 19.2 Å². The topological polar surface area (TPSA) is 94.0 Å². The van der Waals surface area contributed by atoms with Crippen molar-refractivity contribution in [3.63, 3.8) is 0 Å². The summed E-state index contributed by atoms with van der Waals surface area (Å²) in [6.07, 6.45) is 1.59. The highest BCUT2D eigenvalue weighted by atomic mass is 32.2. The lowest BCUT2D eigenvalue weighted by molar-refractivity contribution is 0.368. The number of rotatable bonds is 5. The molecule has 0 atom stereocenters. The van der Waals surface area contributed by atoms with E-state index in [2.05, 4.69) is 36.4 Å². The lowest BCUT2D eigenvalue weighted by atomic mass is 10.3. The SMILES string of the molecule is CCc1nsc(N2CCN(C(=NC)NCCN3CCCS3(=O)=O)CC2)n1. The maximum atomic E-state index is 11.8. The van der Waals surface area contributed by atoms with Crippen molar-refractivity contribution in [2.75, 3.05) is 63.5 Å². The second-order valence-electron chi connectivity index (χ2n) is 6.36. The molecule has 0 spiro atoms. The van der Waals surface area contributed by atoms with Gasteiger partial charge in [0.15, 0.2) is 5.96 Å². The van der Waals surface area contributed by atoms with E-state index >= 15 is 0 Å². The maximum Gasteiger partial charge on any atom is 0.214 e. The highest BCUT2D eigenvalue weighted by molar-refractivity contribution is 7.89. The third kappa shape index (κ3) is 4.44. The van der Waals surface area contributed by atoms with Crippen LogP contribution in [0.15, 0.2) is 4.99 Å². The lowest BCUT2D eigenvalue weighted by Crippen LogP contribution is -2.53. The van der Waals surface area contributed by atoms with Crippen molar-refractivity contribution in [1.82, 2.24) is 23.9 Å². The van der Waals surface area contributed by atoms with Crippen molar-refractivity contribution < 1.29 is 8.42 Å². The van der Waals surface area contributed by atoms with E-state index < -0.39 is 10.0 Å². The number of piperazine rings is 1. The fourth-order valence-corrected chi connectivity index (χ4v) is 5.52. The molecular formula is C15H27N7O2S2. The standard InChI is InChI=1S/C15H27N7O2S2/c1-3-13-18-15(25-19-13)21-10-8-20(9-11-21)14(16-2)17-5-7-22-6-4-12-26(22,23)24/h3-12H2,1-2H3,(H,16,17). The van der Waals surface area contributed by atoms with Crippen LogP contribution in [0.2, 0.25) is 0 Å². The normalized spacial score (nSPS) is 21.4. The van der Waals surface area contributed by atoms with Crippen molar-refractivity contribution in [2.24, 2.45) is 4.99 Å². The smallest absolute Gasteiger partial charge is 0.214 e. The van der Waals surface area contributed by atoms with Crippen molar-refractivity contribution in [2.45, 2.75) is 19.8 Å². The van der Waals surface area contributed by atoms with Crippen LogP contribution in [0.4, 0.5) is 5.13 Å². The molecule has 0 aromatic carbocycles. The van der Waals surface area contributed by atoms with Crippen molar-refractivity contribution in [1.29, 1.82) is 0 Å².